The lowest BCUT2D eigenvalue weighted by atomic mass is 9.49. The zero-order valence-corrected chi connectivity index (χ0v) is 13.8. The van der Waals surface area contributed by atoms with Crippen molar-refractivity contribution in [2.75, 3.05) is 5.75 Å². The zero-order chi connectivity index (χ0) is 15.2. The number of rotatable bonds is 4. The number of aromatic nitrogens is 4. The summed E-state index contributed by atoms with van der Waals surface area (Å²) in [7, 11) is 0. The van der Waals surface area contributed by atoms with E-state index in [1.165, 1.54) is 12.8 Å². The van der Waals surface area contributed by atoms with Gasteiger partial charge in [0.1, 0.15) is 0 Å². The number of hydrogen-bond donors (Lipinski definition) is 0. The molecule has 1 aromatic heterocycles. The first kappa shape index (κ1) is 14.0. The van der Waals surface area contributed by atoms with E-state index < -0.39 is 0 Å². The minimum absolute atomic E-state index is 0.482. The Kier molecular flexibility index (Phi) is 3.33. The Labute approximate surface area is 135 Å². The van der Waals surface area contributed by atoms with Crippen molar-refractivity contribution in [2.45, 2.75) is 31.8 Å². The molecule has 114 valence electrons. The summed E-state index contributed by atoms with van der Waals surface area (Å²) in [5.74, 6) is 2.63. The van der Waals surface area contributed by atoms with Crippen molar-refractivity contribution in [3.05, 3.63) is 42.0 Å². The molecule has 1 saturated carbocycles. The van der Waals surface area contributed by atoms with Crippen LogP contribution in [-0.2, 0) is 0 Å². The van der Waals surface area contributed by atoms with Crippen molar-refractivity contribution in [2.24, 2.45) is 17.3 Å². The second kappa shape index (κ2) is 5.23. The molecule has 0 N–H and O–H groups in total. The van der Waals surface area contributed by atoms with Crippen LogP contribution in [0.25, 0.3) is 5.69 Å². The number of nitrogens with zero attached hydrogens (tertiary/aromatic N) is 4. The number of thioether (sulfide) groups is 1. The van der Waals surface area contributed by atoms with Gasteiger partial charge in [-0.1, -0.05) is 55.5 Å². The molecule has 1 aromatic carbocycles. The highest BCUT2D eigenvalue weighted by atomic mass is 32.2. The lowest BCUT2D eigenvalue weighted by Crippen LogP contribution is -2.48. The van der Waals surface area contributed by atoms with Crippen LogP contribution in [0.3, 0.4) is 0 Å². The van der Waals surface area contributed by atoms with Gasteiger partial charge in [-0.15, -0.1) is 5.10 Å². The van der Waals surface area contributed by atoms with E-state index in [-0.39, 0.29) is 0 Å². The molecule has 3 aliphatic rings. The van der Waals surface area contributed by atoms with Gasteiger partial charge in [-0.3, -0.25) is 0 Å². The molecule has 22 heavy (non-hydrogen) atoms. The van der Waals surface area contributed by atoms with E-state index in [0.717, 1.165) is 28.4 Å². The van der Waals surface area contributed by atoms with E-state index in [9.17, 15) is 0 Å². The first-order valence-electron chi connectivity index (χ1n) is 7.82. The van der Waals surface area contributed by atoms with Crippen LogP contribution in [0.4, 0.5) is 0 Å². The van der Waals surface area contributed by atoms with Gasteiger partial charge in [0, 0.05) is 5.75 Å². The van der Waals surface area contributed by atoms with Gasteiger partial charge in [0.2, 0.25) is 5.16 Å². The molecule has 5 heteroatoms. The summed E-state index contributed by atoms with van der Waals surface area (Å²) in [4.78, 5) is 0. The largest absolute Gasteiger partial charge is 0.214 e. The van der Waals surface area contributed by atoms with Crippen LogP contribution in [0, 0.1) is 17.3 Å². The van der Waals surface area contributed by atoms with Gasteiger partial charge >= 0.3 is 0 Å². The standard InChI is InChI=1S/C17H20N4S/c1-17(2)13-9-8-12(15(17)10-13)11-22-16-18-19-20-21(16)14-6-4-3-5-7-14/h3-8,13,15H,9-11H2,1-2H3. The van der Waals surface area contributed by atoms with Gasteiger partial charge in [-0.05, 0) is 52.7 Å². The molecule has 1 heterocycles. The fourth-order valence-electron chi connectivity index (χ4n) is 3.79. The molecule has 2 atom stereocenters. The van der Waals surface area contributed by atoms with Crippen LogP contribution in [0.1, 0.15) is 26.7 Å². The fraction of sp³-hybridized carbons (Fsp3) is 0.471. The molecule has 0 saturated heterocycles. The number of para-hydroxylation sites is 1. The molecule has 2 bridgehead atoms. The topological polar surface area (TPSA) is 43.6 Å². The van der Waals surface area contributed by atoms with Gasteiger partial charge in [0.05, 0.1) is 5.69 Å². The molecule has 2 unspecified atom stereocenters. The average molecular weight is 312 g/mol. The summed E-state index contributed by atoms with van der Waals surface area (Å²) in [5.41, 5.74) is 3.08. The predicted molar refractivity (Wildman–Crippen MR) is 88.0 cm³/mol. The third-order valence-electron chi connectivity index (χ3n) is 5.39. The normalized spacial score (nSPS) is 25.5. The molecule has 0 spiro atoms. The first-order valence-corrected chi connectivity index (χ1v) is 8.80. The van der Waals surface area contributed by atoms with E-state index in [1.807, 2.05) is 35.0 Å². The summed E-state index contributed by atoms with van der Waals surface area (Å²) in [6.45, 7) is 4.83. The third-order valence-corrected chi connectivity index (χ3v) is 6.38. The lowest BCUT2D eigenvalue weighted by molar-refractivity contribution is -0.00537. The van der Waals surface area contributed by atoms with Crippen molar-refractivity contribution in [1.29, 1.82) is 0 Å². The SMILES string of the molecule is CC1(C)C2CC=C(CSc3nnnn3-c3ccccc3)C1C2. The molecule has 1 fully saturated rings. The summed E-state index contributed by atoms with van der Waals surface area (Å²) in [6, 6.07) is 10.1. The molecular formula is C17H20N4S. The minimum Gasteiger partial charge on any atom is -0.188 e. The van der Waals surface area contributed by atoms with Gasteiger partial charge in [0.15, 0.2) is 0 Å². The Balaban J connectivity index is 1.50. The van der Waals surface area contributed by atoms with E-state index in [1.54, 1.807) is 17.3 Å². The van der Waals surface area contributed by atoms with E-state index in [4.69, 9.17) is 0 Å². The Bertz CT molecular complexity index is 704. The van der Waals surface area contributed by atoms with Gasteiger partial charge in [0.25, 0.3) is 0 Å². The summed E-state index contributed by atoms with van der Waals surface area (Å²) in [6.07, 6.45) is 5.06. The first-order chi connectivity index (χ1) is 10.7. The summed E-state index contributed by atoms with van der Waals surface area (Å²) >= 11 is 1.74. The highest BCUT2D eigenvalue weighted by Crippen LogP contribution is 2.59. The van der Waals surface area contributed by atoms with Gasteiger partial charge in [-0.25, -0.2) is 0 Å². The molecule has 4 nitrogen and oxygen atoms in total. The van der Waals surface area contributed by atoms with Crippen LogP contribution >= 0.6 is 11.8 Å². The zero-order valence-electron chi connectivity index (χ0n) is 12.9. The van der Waals surface area contributed by atoms with Crippen LogP contribution in [0.15, 0.2) is 47.1 Å². The van der Waals surface area contributed by atoms with Crippen LogP contribution in [0.5, 0.6) is 0 Å². The minimum atomic E-state index is 0.482. The van der Waals surface area contributed by atoms with Crippen LogP contribution < -0.4 is 0 Å². The Hall–Kier alpha value is -1.62. The monoisotopic (exact) mass is 312 g/mol. The van der Waals surface area contributed by atoms with Gasteiger partial charge < -0.3 is 0 Å². The maximum Gasteiger partial charge on any atom is 0.214 e. The number of fused-ring (bicyclic) bond motifs is 1. The highest BCUT2D eigenvalue weighted by molar-refractivity contribution is 7.99. The van der Waals surface area contributed by atoms with Gasteiger partial charge in [-0.2, -0.15) is 4.68 Å². The molecular weight excluding hydrogens is 292 g/mol. The molecule has 0 aliphatic heterocycles. The number of allylic oxidation sites excluding steroid dienone is 1. The van der Waals surface area contributed by atoms with Crippen LogP contribution in [0.2, 0.25) is 0 Å². The Morgan fingerprint density at radius 2 is 2.09 bits per heavy atom. The quantitative estimate of drug-likeness (QED) is 0.637. The van der Waals surface area contributed by atoms with E-state index in [0.29, 0.717) is 5.41 Å². The maximum atomic E-state index is 4.19. The number of benzene rings is 1. The smallest absolute Gasteiger partial charge is 0.188 e. The van der Waals surface area contributed by atoms with Crippen molar-refractivity contribution >= 4 is 11.8 Å². The Morgan fingerprint density at radius 1 is 1.27 bits per heavy atom. The van der Waals surface area contributed by atoms with Crippen LogP contribution in [-0.4, -0.2) is 26.0 Å². The molecule has 2 aromatic rings. The second-order valence-electron chi connectivity index (χ2n) is 6.82. The second-order valence-corrected chi connectivity index (χ2v) is 7.76. The molecule has 0 radical (unpaired) electrons. The van der Waals surface area contributed by atoms with E-state index >= 15 is 0 Å². The molecule has 0 amide bonds. The summed E-state index contributed by atoms with van der Waals surface area (Å²) < 4.78 is 1.82. The number of tetrazole rings is 1. The molecule has 5 rings (SSSR count). The maximum absolute atomic E-state index is 4.19. The third kappa shape index (κ3) is 2.19. The lowest BCUT2D eigenvalue weighted by Gasteiger charge is -2.56. The fourth-order valence-corrected chi connectivity index (χ4v) is 4.76. The van der Waals surface area contributed by atoms with E-state index in [2.05, 4.69) is 35.4 Å². The Morgan fingerprint density at radius 3 is 2.82 bits per heavy atom. The highest BCUT2D eigenvalue weighted by Gasteiger charge is 2.50. The molecule has 3 aliphatic carbocycles. The van der Waals surface area contributed by atoms with Crippen molar-refractivity contribution < 1.29 is 0 Å². The van der Waals surface area contributed by atoms with Crippen molar-refractivity contribution in [3.8, 4) is 5.69 Å². The number of hydrogen-bond acceptors (Lipinski definition) is 4. The predicted octanol–water partition coefficient (Wildman–Crippen LogP) is 3.75. The summed E-state index contributed by atoms with van der Waals surface area (Å²) in [5, 5.41) is 13.0. The van der Waals surface area contributed by atoms with Crippen molar-refractivity contribution in [1.82, 2.24) is 20.2 Å². The van der Waals surface area contributed by atoms with Crippen molar-refractivity contribution in [3.63, 3.8) is 0 Å². The average Bonchev–Trinajstić information content (AvgIpc) is 3.02.